The number of benzene rings is 1. The normalized spacial score (nSPS) is 14.1. The molecular formula is C16H19BrFN9O7S. The molecule has 1 aromatic carbocycles. The third kappa shape index (κ3) is 6.21. The second kappa shape index (κ2) is 10.5. The highest BCUT2D eigenvalue weighted by Gasteiger charge is 2.36. The summed E-state index contributed by atoms with van der Waals surface area (Å²) in [7, 11) is -3.04. The standard InChI is InChI=1S/C16H19BrFN9O7S/c1-24-10(7-22-16(24)26(28)29)8-33-27-15(21-4-5-23-35(30,31)32)13(14(19)20)25(34-27)9-2-3-12(18)11(17)6-9/h2-3,6-7,21,23H,4-5,8H2,1H3,(H3,19,20)(H,30,31,32). The van der Waals surface area contributed by atoms with E-state index >= 15 is 0 Å². The number of hydrogen-bond acceptors (Lipinski definition) is 11. The maximum absolute atomic E-state index is 13.7. The van der Waals surface area contributed by atoms with E-state index in [2.05, 4.69) is 26.2 Å². The molecule has 0 saturated heterocycles. The number of nitrogens with two attached hydrogens (primary N) is 1. The predicted molar refractivity (Wildman–Crippen MR) is 121 cm³/mol. The summed E-state index contributed by atoms with van der Waals surface area (Å²) in [5.74, 6) is -1.52. The molecule has 0 unspecified atom stereocenters. The van der Waals surface area contributed by atoms with Gasteiger partial charge in [0.1, 0.15) is 30.2 Å². The van der Waals surface area contributed by atoms with E-state index in [-0.39, 0.29) is 41.4 Å². The van der Waals surface area contributed by atoms with Crippen LogP contribution in [0.3, 0.4) is 0 Å². The Balaban J connectivity index is 1.89. The first-order valence-electron chi connectivity index (χ1n) is 9.45. The molecule has 190 valence electrons. The van der Waals surface area contributed by atoms with E-state index in [1.807, 2.05) is 4.72 Å². The Morgan fingerprint density at radius 2 is 2.17 bits per heavy atom. The van der Waals surface area contributed by atoms with Crippen LogP contribution in [0.25, 0.3) is 0 Å². The van der Waals surface area contributed by atoms with Gasteiger partial charge in [0, 0.05) is 13.1 Å². The van der Waals surface area contributed by atoms with Crippen molar-refractivity contribution in [2.45, 2.75) is 6.61 Å². The summed E-state index contributed by atoms with van der Waals surface area (Å²) in [5.41, 5.74) is 6.19. The molecule has 3 rings (SSSR count). The Morgan fingerprint density at radius 3 is 2.74 bits per heavy atom. The van der Waals surface area contributed by atoms with Crippen LogP contribution in [0, 0.1) is 21.3 Å². The molecule has 0 amide bonds. The fourth-order valence-electron chi connectivity index (χ4n) is 2.82. The number of hydrogen-bond donors (Lipinski definition) is 5. The molecule has 0 aliphatic carbocycles. The Morgan fingerprint density at radius 1 is 1.46 bits per heavy atom. The fourth-order valence-corrected chi connectivity index (χ4v) is 3.55. The lowest BCUT2D eigenvalue weighted by Gasteiger charge is -2.21. The second-order valence-corrected chi connectivity index (χ2v) is 8.87. The highest BCUT2D eigenvalue weighted by atomic mass is 79.9. The van der Waals surface area contributed by atoms with Crippen molar-refractivity contribution in [3.63, 3.8) is 0 Å². The summed E-state index contributed by atoms with van der Waals surface area (Å²) in [4.78, 5) is 25.3. The molecular weight excluding hydrogens is 561 g/mol. The van der Waals surface area contributed by atoms with Crippen molar-refractivity contribution in [1.29, 1.82) is 5.41 Å². The monoisotopic (exact) mass is 579 g/mol. The van der Waals surface area contributed by atoms with Crippen molar-refractivity contribution >= 4 is 43.7 Å². The number of anilines is 1. The minimum Gasteiger partial charge on any atom is -0.390 e. The van der Waals surface area contributed by atoms with E-state index in [1.165, 1.54) is 29.9 Å². The maximum Gasteiger partial charge on any atom is 0.434 e. The van der Waals surface area contributed by atoms with Gasteiger partial charge in [0.25, 0.3) is 0 Å². The SMILES string of the molecule is Cn1c(CON2ON(c3ccc(F)c(Br)c3)C(C(=N)N)=C2NCCNS(=O)(=O)O)cnc1[N+](=O)[O-]. The molecule has 0 bridgehead atoms. The van der Waals surface area contributed by atoms with Crippen molar-refractivity contribution in [2.24, 2.45) is 12.8 Å². The van der Waals surface area contributed by atoms with Gasteiger partial charge >= 0.3 is 16.3 Å². The topological polar surface area (TPSA) is 214 Å². The number of nitrogens with zero attached hydrogens (tertiary/aromatic N) is 5. The summed E-state index contributed by atoms with van der Waals surface area (Å²) in [6, 6.07) is 3.83. The zero-order valence-electron chi connectivity index (χ0n) is 17.8. The lowest BCUT2D eigenvalue weighted by atomic mass is 10.2. The maximum atomic E-state index is 13.7. The molecule has 2 heterocycles. The number of halogens is 2. The Labute approximate surface area is 205 Å². The van der Waals surface area contributed by atoms with Gasteiger partial charge < -0.3 is 21.2 Å². The number of aromatic nitrogens is 2. The van der Waals surface area contributed by atoms with Crippen molar-refractivity contribution in [2.75, 3.05) is 18.2 Å². The molecule has 35 heavy (non-hydrogen) atoms. The summed E-state index contributed by atoms with van der Waals surface area (Å²) in [6.45, 7) is -0.664. The Bertz CT molecular complexity index is 1290. The summed E-state index contributed by atoms with van der Waals surface area (Å²) >= 11 is 3.06. The quantitative estimate of drug-likeness (QED) is 0.0611. The van der Waals surface area contributed by atoms with E-state index in [1.54, 1.807) is 0 Å². The average molecular weight is 580 g/mol. The molecule has 0 spiro atoms. The van der Waals surface area contributed by atoms with Crippen molar-refractivity contribution < 1.29 is 32.1 Å². The highest BCUT2D eigenvalue weighted by molar-refractivity contribution is 9.10. The molecule has 1 aliphatic rings. The number of nitro groups is 1. The Kier molecular flexibility index (Phi) is 7.87. The first-order valence-corrected chi connectivity index (χ1v) is 11.7. The van der Waals surface area contributed by atoms with Crippen LogP contribution in [-0.4, -0.2) is 51.6 Å². The van der Waals surface area contributed by atoms with Gasteiger partial charge in [-0.05, 0) is 39.1 Å². The van der Waals surface area contributed by atoms with Gasteiger partial charge in [-0.3, -0.25) is 9.96 Å². The zero-order valence-corrected chi connectivity index (χ0v) is 20.2. The van der Waals surface area contributed by atoms with Crippen molar-refractivity contribution in [3.8, 4) is 0 Å². The number of hydroxylamine groups is 3. The van der Waals surface area contributed by atoms with Crippen LogP contribution in [0.4, 0.5) is 16.0 Å². The van der Waals surface area contributed by atoms with Gasteiger partial charge in [0.2, 0.25) is 0 Å². The van der Waals surface area contributed by atoms with Gasteiger partial charge in [-0.25, -0.2) is 13.8 Å². The van der Waals surface area contributed by atoms with Crippen LogP contribution >= 0.6 is 15.9 Å². The molecule has 1 aromatic heterocycles. The highest BCUT2D eigenvalue weighted by Crippen LogP contribution is 2.32. The molecule has 0 radical (unpaired) electrons. The van der Waals surface area contributed by atoms with Gasteiger partial charge in [0.15, 0.2) is 11.5 Å². The molecule has 2 aromatic rings. The molecule has 1 aliphatic heterocycles. The number of rotatable bonds is 11. The van der Waals surface area contributed by atoms with E-state index < -0.39 is 32.8 Å². The van der Waals surface area contributed by atoms with E-state index in [4.69, 9.17) is 25.5 Å². The minimum absolute atomic E-state index is 0.0493. The first-order chi connectivity index (χ1) is 16.4. The van der Waals surface area contributed by atoms with Crippen LogP contribution in [0.1, 0.15) is 5.69 Å². The number of amidine groups is 1. The van der Waals surface area contributed by atoms with Crippen molar-refractivity contribution in [1.82, 2.24) is 24.8 Å². The third-order valence-corrected chi connectivity index (χ3v) is 5.59. The van der Waals surface area contributed by atoms with E-state index in [0.29, 0.717) is 5.69 Å². The lowest BCUT2D eigenvalue weighted by molar-refractivity contribution is -0.396. The smallest absolute Gasteiger partial charge is 0.390 e. The summed E-state index contributed by atoms with van der Waals surface area (Å²) < 4.78 is 47.5. The fraction of sp³-hybridized carbons (Fsp3) is 0.250. The number of nitrogens with one attached hydrogen (secondary N) is 3. The number of imidazole rings is 1. The molecule has 19 heteroatoms. The minimum atomic E-state index is -4.45. The van der Waals surface area contributed by atoms with Crippen LogP contribution < -0.4 is 20.8 Å². The third-order valence-electron chi connectivity index (χ3n) is 4.41. The first kappa shape index (κ1) is 26.2. The zero-order chi connectivity index (χ0) is 25.9. The van der Waals surface area contributed by atoms with Gasteiger partial charge in [-0.15, -0.1) is 4.94 Å². The molecule has 0 fully saturated rings. The molecule has 6 N–H and O–H groups in total. The van der Waals surface area contributed by atoms with Gasteiger partial charge in [-0.1, -0.05) is 10.2 Å². The molecule has 16 nitrogen and oxygen atoms in total. The largest absolute Gasteiger partial charge is 0.434 e. The molecule has 0 atom stereocenters. The van der Waals surface area contributed by atoms with Crippen molar-refractivity contribution in [3.05, 3.63) is 62.0 Å². The summed E-state index contributed by atoms with van der Waals surface area (Å²) in [5, 5.41) is 23.7. The van der Waals surface area contributed by atoms with E-state index in [0.717, 1.165) is 16.4 Å². The van der Waals surface area contributed by atoms with Crippen LogP contribution in [0.2, 0.25) is 0 Å². The van der Waals surface area contributed by atoms with Crippen LogP contribution in [0.5, 0.6) is 0 Å². The summed E-state index contributed by atoms with van der Waals surface area (Å²) in [6.07, 6.45) is 1.22. The lowest BCUT2D eigenvalue weighted by Crippen LogP contribution is -2.35. The second-order valence-electron chi connectivity index (χ2n) is 6.78. The van der Waals surface area contributed by atoms with Crippen LogP contribution in [-0.2, 0) is 33.7 Å². The van der Waals surface area contributed by atoms with Gasteiger partial charge in [-0.2, -0.15) is 18.2 Å². The molecule has 0 saturated carbocycles. The average Bonchev–Trinajstić information content (AvgIpc) is 3.31. The van der Waals surface area contributed by atoms with E-state index in [9.17, 15) is 22.9 Å². The predicted octanol–water partition coefficient (Wildman–Crippen LogP) is 0.417. The Hall–Kier alpha value is -3.36. The van der Waals surface area contributed by atoms with Gasteiger partial charge in [0.05, 0.1) is 17.2 Å². The van der Waals surface area contributed by atoms with Crippen LogP contribution in [0.15, 0.2) is 40.4 Å².